The Morgan fingerprint density at radius 3 is 2.76 bits per heavy atom. The van der Waals surface area contributed by atoms with Crippen molar-refractivity contribution in [3.05, 3.63) is 36.0 Å². The number of likely N-dealkylation sites (tertiary alicyclic amines) is 1. The summed E-state index contributed by atoms with van der Waals surface area (Å²) in [5.74, 6) is 1.50. The summed E-state index contributed by atoms with van der Waals surface area (Å²) >= 11 is 6.00. The average molecular weight is 304 g/mol. The Balaban J connectivity index is 1.83. The van der Waals surface area contributed by atoms with E-state index in [0.29, 0.717) is 5.88 Å². The molecule has 0 unspecified atom stereocenters. The lowest BCUT2D eigenvalue weighted by Crippen LogP contribution is -2.32. The molecule has 21 heavy (non-hydrogen) atoms. The molecule has 0 amide bonds. The first kappa shape index (κ1) is 14.6. The smallest absolute Gasteiger partial charge is 0.136 e. The van der Waals surface area contributed by atoms with Crippen molar-refractivity contribution in [2.45, 2.75) is 18.7 Å². The first-order valence-electron chi connectivity index (χ1n) is 7.66. The lowest BCUT2D eigenvalue weighted by molar-refractivity contribution is 0.346. The van der Waals surface area contributed by atoms with Gasteiger partial charge in [-0.2, -0.15) is 0 Å². The van der Waals surface area contributed by atoms with Crippen LogP contribution < -0.4 is 4.90 Å². The zero-order chi connectivity index (χ0) is 14.7. The molecule has 112 valence electrons. The van der Waals surface area contributed by atoms with Crippen LogP contribution in [0.25, 0.3) is 10.8 Å². The number of aromatic nitrogens is 1. The minimum atomic E-state index is 0.456. The highest BCUT2D eigenvalue weighted by Gasteiger charge is 2.14. The van der Waals surface area contributed by atoms with E-state index in [0.717, 1.165) is 24.6 Å². The summed E-state index contributed by atoms with van der Waals surface area (Å²) in [6, 6.07) is 10.5. The minimum Gasteiger partial charge on any atom is -0.358 e. The molecular weight excluding hydrogens is 282 g/mol. The van der Waals surface area contributed by atoms with Gasteiger partial charge >= 0.3 is 0 Å². The van der Waals surface area contributed by atoms with Gasteiger partial charge in [0.1, 0.15) is 5.82 Å². The van der Waals surface area contributed by atoms with Crippen molar-refractivity contribution >= 4 is 28.2 Å². The number of hydrogen-bond acceptors (Lipinski definition) is 3. The second kappa shape index (κ2) is 6.63. The maximum Gasteiger partial charge on any atom is 0.136 e. The van der Waals surface area contributed by atoms with Gasteiger partial charge in [0.2, 0.25) is 0 Å². The Bertz CT molecular complexity index is 608. The number of alkyl halides is 1. The fraction of sp³-hybridized carbons (Fsp3) is 0.471. The molecule has 1 fully saturated rings. The quantitative estimate of drug-likeness (QED) is 0.788. The molecule has 1 aliphatic heterocycles. The van der Waals surface area contributed by atoms with Crippen molar-refractivity contribution in [2.24, 2.45) is 0 Å². The summed E-state index contributed by atoms with van der Waals surface area (Å²) in [5.41, 5.74) is 0.943. The summed E-state index contributed by atoms with van der Waals surface area (Å²) in [6.07, 6.45) is 2.68. The number of halogens is 1. The van der Waals surface area contributed by atoms with E-state index in [1.807, 2.05) is 0 Å². The molecule has 1 aromatic carbocycles. The fourth-order valence-corrected chi connectivity index (χ4v) is 3.13. The largest absolute Gasteiger partial charge is 0.358 e. The monoisotopic (exact) mass is 303 g/mol. The number of pyridine rings is 1. The number of fused-ring (bicyclic) bond motifs is 1. The van der Waals surface area contributed by atoms with E-state index in [1.165, 1.54) is 36.7 Å². The third-order valence-corrected chi connectivity index (χ3v) is 4.50. The lowest BCUT2D eigenvalue weighted by Gasteiger charge is -2.24. The van der Waals surface area contributed by atoms with Gasteiger partial charge in [0, 0.05) is 25.5 Å². The molecule has 0 bridgehead atoms. The minimum absolute atomic E-state index is 0.456. The van der Waals surface area contributed by atoms with Crippen LogP contribution in [0.3, 0.4) is 0 Å². The molecule has 3 rings (SSSR count). The molecule has 0 aliphatic carbocycles. The van der Waals surface area contributed by atoms with Gasteiger partial charge in [-0.25, -0.2) is 4.98 Å². The van der Waals surface area contributed by atoms with E-state index in [9.17, 15) is 0 Å². The van der Waals surface area contributed by atoms with Crippen LogP contribution in [-0.4, -0.2) is 43.1 Å². The highest BCUT2D eigenvalue weighted by atomic mass is 35.5. The van der Waals surface area contributed by atoms with E-state index >= 15 is 0 Å². The number of anilines is 1. The average Bonchev–Trinajstić information content (AvgIpc) is 3.05. The molecule has 0 atom stereocenters. The number of rotatable bonds is 5. The van der Waals surface area contributed by atoms with Gasteiger partial charge in [0.15, 0.2) is 0 Å². The molecule has 2 heterocycles. The van der Waals surface area contributed by atoms with E-state index in [-0.39, 0.29) is 0 Å². The summed E-state index contributed by atoms with van der Waals surface area (Å²) in [6.45, 7) is 4.59. The Kier molecular flexibility index (Phi) is 4.61. The van der Waals surface area contributed by atoms with Gasteiger partial charge in [0.25, 0.3) is 0 Å². The van der Waals surface area contributed by atoms with Gasteiger partial charge in [-0.3, -0.25) is 0 Å². The van der Waals surface area contributed by atoms with Crippen molar-refractivity contribution in [1.82, 2.24) is 9.88 Å². The molecule has 0 spiro atoms. The van der Waals surface area contributed by atoms with Gasteiger partial charge in [-0.05, 0) is 37.4 Å². The Hall–Kier alpha value is -1.32. The highest BCUT2D eigenvalue weighted by Crippen LogP contribution is 2.25. The molecule has 3 nitrogen and oxygen atoms in total. The Morgan fingerprint density at radius 1 is 1.24 bits per heavy atom. The predicted molar refractivity (Wildman–Crippen MR) is 90.2 cm³/mol. The molecule has 0 saturated carbocycles. The third-order valence-electron chi connectivity index (χ3n) is 4.22. The van der Waals surface area contributed by atoms with Crippen molar-refractivity contribution in [3.8, 4) is 0 Å². The van der Waals surface area contributed by atoms with Gasteiger partial charge in [-0.15, -0.1) is 11.6 Å². The SMILES string of the molecule is CN(CCN1CCCC1)c1nc(CCl)cc2ccccc12. The second-order valence-electron chi connectivity index (χ2n) is 5.76. The number of likely N-dealkylation sites (N-methyl/N-ethyl adjacent to an activating group) is 1. The Morgan fingerprint density at radius 2 is 2.00 bits per heavy atom. The zero-order valence-electron chi connectivity index (χ0n) is 12.6. The van der Waals surface area contributed by atoms with Crippen LogP contribution in [0.2, 0.25) is 0 Å². The number of benzene rings is 1. The molecular formula is C17H22ClN3. The van der Waals surface area contributed by atoms with Crippen LogP contribution in [-0.2, 0) is 5.88 Å². The normalized spacial score (nSPS) is 15.7. The van der Waals surface area contributed by atoms with Crippen molar-refractivity contribution in [1.29, 1.82) is 0 Å². The Labute approximate surface area is 131 Å². The molecule has 4 heteroatoms. The molecule has 0 radical (unpaired) electrons. The standard InChI is InChI=1S/C17H22ClN3/c1-20(10-11-21-8-4-5-9-21)17-16-7-3-2-6-14(16)12-15(13-18)19-17/h2-3,6-7,12H,4-5,8-11,13H2,1H3. The van der Waals surface area contributed by atoms with Gasteiger partial charge < -0.3 is 9.80 Å². The van der Waals surface area contributed by atoms with E-state index in [4.69, 9.17) is 16.6 Å². The van der Waals surface area contributed by atoms with Crippen molar-refractivity contribution < 1.29 is 0 Å². The molecule has 1 aromatic heterocycles. The van der Waals surface area contributed by atoms with Crippen LogP contribution in [0.1, 0.15) is 18.5 Å². The maximum atomic E-state index is 6.00. The number of hydrogen-bond donors (Lipinski definition) is 0. The first-order valence-corrected chi connectivity index (χ1v) is 8.19. The summed E-state index contributed by atoms with van der Waals surface area (Å²) < 4.78 is 0. The van der Waals surface area contributed by atoms with Crippen LogP contribution in [0.15, 0.2) is 30.3 Å². The predicted octanol–water partition coefficient (Wildman–Crippen LogP) is 3.51. The van der Waals surface area contributed by atoms with Crippen molar-refractivity contribution in [3.63, 3.8) is 0 Å². The van der Waals surface area contributed by atoms with Crippen LogP contribution in [0.5, 0.6) is 0 Å². The van der Waals surface area contributed by atoms with E-state index < -0.39 is 0 Å². The molecule has 1 aliphatic rings. The number of nitrogens with zero attached hydrogens (tertiary/aromatic N) is 3. The molecule has 2 aromatic rings. The van der Waals surface area contributed by atoms with Crippen LogP contribution in [0.4, 0.5) is 5.82 Å². The zero-order valence-corrected chi connectivity index (χ0v) is 13.3. The summed E-state index contributed by atoms with van der Waals surface area (Å²) in [4.78, 5) is 9.53. The molecule has 0 N–H and O–H groups in total. The molecule has 1 saturated heterocycles. The fourth-order valence-electron chi connectivity index (χ4n) is 3.00. The summed E-state index contributed by atoms with van der Waals surface area (Å²) in [5, 5.41) is 2.42. The van der Waals surface area contributed by atoms with E-state index in [2.05, 4.69) is 47.2 Å². The third kappa shape index (κ3) is 3.30. The maximum absolute atomic E-state index is 6.00. The van der Waals surface area contributed by atoms with Gasteiger partial charge in [-0.1, -0.05) is 24.3 Å². The summed E-state index contributed by atoms with van der Waals surface area (Å²) in [7, 11) is 2.13. The van der Waals surface area contributed by atoms with E-state index in [1.54, 1.807) is 0 Å². The lowest BCUT2D eigenvalue weighted by atomic mass is 10.1. The first-order chi connectivity index (χ1) is 10.3. The van der Waals surface area contributed by atoms with Crippen molar-refractivity contribution in [2.75, 3.05) is 38.1 Å². The van der Waals surface area contributed by atoms with Crippen LogP contribution in [0, 0.1) is 0 Å². The second-order valence-corrected chi connectivity index (χ2v) is 6.03. The van der Waals surface area contributed by atoms with Gasteiger partial charge in [0.05, 0.1) is 11.6 Å². The highest BCUT2D eigenvalue weighted by molar-refractivity contribution is 6.17. The van der Waals surface area contributed by atoms with Crippen LogP contribution >= 0.6 is 11.6 Å². The topological polar surface area (TPSA) is 19.4 Å².